The Morgan fingerprint density at radius 3 is 2.58 bits per heavy atom. The van der Waals surface area contributed by atoms with Gasteiger partial charge >= 0.3 is 11.8 Å². The minimum atomic E-state index is -0.941. The summed E-state index contributed by atoms with van der Waals surface area (Å²) in [5, 5.41) is 8.98. The first-order valence-electron chi connectivity index (χ1n) is 12.0. The molecule has 1 aliphatic rings. The van der Waals surface area contributed by atoms with Crippen LogP contribution in [-0.2, 0) is 20.9 Å². The summed E-state index contributed by atoms with van der Waals surface area (Å²) in [7, 11) is 0. The maximum atomic E-state index is 13.1. The molecule has 0 radical (unpaired) electrons. The molecule has 0 aromatic heterocycles. The van der Waals surface area contributed by atoms with E-state index < -0.39 is 23.5 Å². The molecule has 1 aliphatic heterocycles. The maximum absolute atomic E-state index is 13.1. The van der Waals surface area contributed by atoms with Crippen molar-refractivity contribution < 1.29 is 37.7 Å². The zero-order valence-electron chi connectivity index (χ0n) is 21.2. The van der Waals surface area contributed by atoms with Gasteiger partial charge in [0.05, 0.1) is 16.4 Å². The van der Waals surface area contributed by atoms with E-state index in [2.05, 4.69) is 21.2 Å². The Labute approximate surface area is 242 Å². The molecule has 0 aliphatic carbocycles. The van der Waals surface area contributed by atoms with Crippen molar-refractivity contribution in [3.63, 3.8) is 0 Å². The van der Waals surface area contributed by atoms with Crippen LogP contribution in [-0.4, -0.2) is 43.9 Å². The van der Waals surface area contributed by atoms with E-state index in [1.165, 1.54) is 30.5 Å². The molecule has 3 amide bonds. The number of halogens is 2. The molecule has 3 N–H and O–H groups in total. The van der Waals surface area contributed by atoms with Crippen molar-refractivity contribution in [3.8, 4) is 23.0 Å². The number of benzene rings is 3. The minimum absolute atomic E-state index is 0.117. The lowest BCUT2D eigenvalue weighted by molar-refractivity contribution is -0.139. The fourth-order valence-corrected chi connectivity index (χ4v) is 4.24. The lowest BCUT2D eigenvalue weighted by Gasteiger charge is -2.14. The first-order valence-corrected chi connectivity index (χ1v) is 13.0. The molecule has 3 aromatic carbocycles. The van der Waals surface area contributed by atoms with Crippen LogP contribution in [0.5, 0.6) is 23.0 Å². The maximum Gasteiger partial charge on any atom is 0.329 e. The number of nitrogens with one attached hydrogen (secondary N) is 3. The number of hydrogen-bond acceptors (Lipinski definition) is 8. The topological polar surface area (TPSA) is 137 Å². The Hall–Kier alpha value is -4.40. The number of ether oxygens (including phenoxy) is 4. The molecule has 13 heteroatoms. The molecule has 3 aromatic rings. The summed E-state index contributed by atoms with van der Waals surface area (Å²) >= 11 is 2.02. The molecule has 40 heavy (non-hydrogen) atoms. The Kier molecular flexibility index (Phi) is 9.72. The molecule has 4 rings (SSSR count). The van der Waals surface area contributed by atoms with Gasteiger partial charge in [-0.15, -0.1) is 0 Å². The van der Waals surface area contributed by atoms with E-state index in [0.717, 1.165) is 5.56 Å². The van der Waals surface area contributed by atoms with Crippen LogP contribution >= 0.6 is 22.6 Å². The summed E-state index contributed by atoms with van der Waals surface area (Å²) < 4.78 is 35.6. The predicted molar refractivity (Wildman–Crippen MR) is 151 cm³/mol. The van der Waals surface area contributed by atoms with E-state index in [9.17, 15) is 18.8 Å². The van der Waals surface area contributed by atoms with E-state index in [1.54, 1.807) is 37.3 Å². The van der Waals surface area contributed by atoms with Crippen molar-refractivity contribution in [2.75, 3.05) is 25.3 Å². The molecule has 0 saturated heterocycles. The van der Waals surface area contributed by atoms with E-state index in [4.69, 9.17) is 18.9 Å². The molecular weight excluding hydrogens is 638 g/mol. The van der Waals surface area contributed by atoms with Gasteiger partial charge in [0.1, 0.15) is 5.82 Å². The molecule has 0 bridgehead atoms. The van der Waals surface area contributed by atoms with Crippen LogP contribution in [0.2, 0.25) is 0 Å². The van der Waals surface area contributed by atoms with Gasteiger partial charge in [-0.2, -0.15) is 5.10 Å². The quantitative estimate of drug-likeness (QED) is 0.131. The number of rotatable bonds is 10. The molecule has 11 nitrogen and oxygen atoms in total. The van der Waals surface area contributed by atoms with Gasteiger partial charge in [-0.3, -0.25) is 14.4 Å². The number of amides is 3. The van der Waals surface area contributed by atoms with Crippen molar-refractivity contribution in [1.29, 1.82) is 0 Å². The van der Waals surface area contributed by atoms with Gasteiger partial charge in [0, 0.05) is 12.2 Å². The van der Waals surface area contributed by atoms with Crippen molar-refractivity contribution in [3.05, 3.63) is 75.1 Å². The predicted octanol–water partition coefficient (Wildman–Crippen LogP) is 3.34. The first kappa shape index (κ1) is 28.6. The van der Waals surface area contributed by atoms with Crippen LogP contribution < -0.4 is 35.0 Å². The monoisotopic (exact) mass is 662 g/mol. The Bertz CT molecular complexity index is 1430. The molecule has 0 saturated carbocycles. The highest BCUT2D eigenvalue weighted by molar-refractivity contribution is 14.1. The number of anilines is 1. The SMILES string of the molecule is CCOc1cc(/C=N\NC(=O)C(=O)NCc2ccc3c(c2)OCO3)cc(I)c1OCC(=O)Nc1ccc(F)cc1. The molecule has 208 valence electrons. The van der Waals surface area contributed by atoms with Gasteiger partial charge in [0.15, 0.2) is 29.6 Å². The van der Waals surface area contributed by atoms with Gasteiger partial charge in [-0.1, -0.05) is 6.07 Å². The summed E-state index contributed by atoms with van der Waals surface area (Å²) in [6.07, 6.45) is 1.35. The average molecular weight is 662 g/mol. The number of hydrogen-bond donors (Lipinski definition) is 3. The second-order valence-electron chi connectivity index (χ2n) is 8.18. The highest BCUT2D eigenvalue weighted by atomic mass is 127. The minimum Gasteiger partial charge on any atom is -0.490 e. The third-order valence-electron chi connectivity index (χ3n) is 5.28. The zero-order chi connectivity index (χ0) is 28.5. The summed E-state index contributed by atoms with van der Waals surface area (Å²) in [5.41, 5.74) is 3.91. The van der Waals surface area contributed by atoms with E-state index >= 15 is 0 Å². The van der Waals surface area contributed by atoms with Gasteiger partial charge in [0.2, 0.25) is 6.79 Å². The molecule has 1 heterocycles. The number of carbonyl (C=O) groups excluding carboxylic acids is 3. The largest absolute Gasteiger partial charge is 0.490 e. The Morgan fingerprint density at radius 1 is 1.02 bits per heavy atom. The van der Waals surface area contributed by atoms with Crippen LogP contribution in [0.3, 0.4) is 0 Å². The normalized spacial score (nSPS) is 11.7. The van der Waals surface area contributed by atoms with Gasteiger partial charge in [0.25, 0.3) is 5.91 Å². The Morgan fingerprint density at radius 2 is 1.80 bits per heavy atom. The van der Waals surface area contributed by atoms with Crippen molar-refractivity contribution in [2.45, 2.75) is 13.5 Å². The summed E-state index contributed by atoms with van der Waals surface area (Å²) in [5.74, 6) is -0.739. The van der Waals surface area contributed by atoms with Crippen LogP contribution in [0.1, 0.15) is 18.1 Å². The molecule has 0 spiro atoms. The van der Waals surface area contributed by atoms with Crippen molar-refractivity contribution in [1.82, 2.24) is 10.7 Å². The Balaban J connectivity index is 1.30. The lowest BCUT2D eigenvalue weighted by Crippen LogP contribution is -2.37. The van der Waals surface area contributed by atoms with E-state index in [1.807, 2.05) is 22.6 Å². The highest BCUT2D eigenvalue weighted by Gasteiger charge is 2.17. The van der Waals surface area contributed by atoms with Gasteiger partial charge < -0.3 is 29.6 Å². The zero-order valence-corrected chi connectivity index (χ0v) is 23.3. The number of fused-ring (bicyclic) bond motifs is 1. The summed E-state index contributed by atoms with van der Waals surface area (Å²) in [6, 6.07) is 13.9. The fourth-order valence-electron chi connectivity index (χ4n) is 3.46. The number of nitrogens with zero attached hydrogens (tertiary/aromatic N) is 1. The molecule has 0 atom stereocenters. The van der Waals surface area contributed by atoms with Crippen LogP contribution in [0.25, 0.3) is 0 Å². The fraction of sp³-hybridized carbons (Fsp3) is 0.185. The van der Waals surface area contributed by atoms with Crippen molar-refractivity contribution in [2.24, 2.45) is 5.10 Å². The summed E-state index contributed by atoms with van der Waals surface area (Å²) in [6.45, 7) is 2.07. The first-order chi connectivity index (χ1) is 19.3. The van der Waals surface area contributed by atoms with Crippen LogP contribution in [0.4, 0.5) is 10.1 Å². The molecular formula is C27H24FIN4O7. The number of carbonyl (C=O) groups is 3. The van der Waals surface area contributed by atoms with E-state index in [-0.39, 0.29) is 19.9 Å². The van der Waals surface area contributed by atoms with Crippen LogP contribution in [0, 0.1) is 9.39 Å². The highest BCUT2D eigenvalue weighted by Crippen LogP contribution is 2.34. The van der Waals surface area contributed by atoms with Gasteiger partial charge in [-0.05, 0) is 89.2 Å². The van der Waals surface area contributed by atoms with E-state index in [0.29, 0.717) is 44.4 Å². The average Bonchev–Trinajstić information content (AvgIpc) is 3.40. The van der Waals surface area contributed by atoms with Gasteiger partial charge in [-0.25, -0.2) is 9.82 Å². The standard InChI is InChI=1S/C27H24FIN4O7/c1-2-37-23-11-17(9-20(29)25(23)38-14-24(34)32-19-6-4-18(28)5-7-19)13-31-33-27(36)26(35)30-12-16-3-8-21-22(10-16)40-15-39-21/h3-11,13H,2,12,14-15H2,1H3,(H,30,35)(H,32,34)(H,33,36)/b31-13-. The third kappa shape index (κ3) is 7.81. The third-order valence-corrected chi connectivity index (χ3v) is 6.08. The van der Waals surface area contributed by atoms with Crippen molar-refractivity contribution >= 4 is 52.2 Å². The second kappa shape index (κ2) is 13.6. The summed E-state index contributed by atoms with van der Waals surface area (Å²) in [4.78, 5) is 36.6. The lowest BCUT2D eigenvalue weighted by atomic mass is 10.2. The smallest absolute Gasteiger partial charge is 0.329 e. The van der Waals surface area contributed by atoms with Crippen LogP contribution in [0.15, 0.2) is 59.7 Å². The second-order valence-corrected chi connectivity index (χ2v) is 9.34. The molecule has 0 fully saturated rings. The molecule has 0 unspecified atom stereocenters. The number of hydrazone groups is 1.